The van der Waals surface area contributed by atoms with Gasteiger partial charge < -0.3 is 10.2 Å². The highest BCUT2D eigenvalue weighted by Gasteiger charge is 2.38. The van der Waals surface area contributed by atoms with Gasteiger partial charge in [0, 0.05) is 19.0 Å². The molecule has 0 unspecified atom stereocenters. The van der Waals surface area contributed by atoms with Crippen LogP contribution < -0.4 is 5.32 Å². The Morgan fingerprint density at radius 2 is 2.12 bits per heavy atom. The molecular formula is C17H18FN3O2S. The third-order valence-electron chi connectivity index (χ3n) is 4.88. The highest BCUT2D eigenvalue weighted by Crippen LogP contribution is 2.31. The highest BCUT2D eigenvalue weighted by molar-refractivity contribution is 7.22. The van der Waals surface area contributed by atoms with E-state index in [0.717, 1.165) is 25.7 Å². The molecule has 126 valence electrons. The number of rotatable bonds is 3. The molecule has 4 rings (SSSR count). The second kappa shape index (κ2) is 6.12. The number of nitrogens with one attached hydrogen (secondary N) is 1. The lowest BCUT2D eigenvalue weighted by Gasteiger charge is -2.23. The molecule has 2 aromatic rings. The molecule has 0 bridgehead atoms. The van der Waals surface area contributed by atoms with E-state index in [9.17, 15) is 14.0 Å². The number of benzene rings is 1. The molecule has 5 nitrogen and oxygen atoms in total. The number of nitrogens with zero attached hydrogens (tertiary/aromatic N) is 2. The van der Waals surface area contributed by atoms with Crippen LogP contribution in [0.3, 0.4) is 0 Å². The number of thiazole rings is 1. The van der Waals surface area contributed by atoms with E-state index in [0.29, 0.717) is 27.9 Å². The molecule has 2 aliphatic rings. The van der Waals surface area contributed by atoms with Crippen molar-refractivity contribution in [3.05, 3.63) is 24.0 Å². The topological polar surface area (TPSA) is 62.3 Å². The number of likely N-dealkylation sites (tertiary alicyclic amines) is 1. The molecular weight excluding hydrogens is 329 g/mol. The first-order chi connectivity index (χ1) is 11.6. The summed E-state index contributed by atoms with van der Waals surface area (Å²) in [5, 5.41) is 3.24. The molecule has 0 radical (unpaired) electrons. The van der Waals surface area contributed by atoms with E-state index in [1.54, 1.807) is 6.07 Å². The molecule has 24 heavy (non-hydrogen) atoms. The fourth-order valence-electron chi connectivity index (χ4n) is 3.64. The third kappa shape index (κ3) is 2.88. The summed E-state index contributed by atoms with van der Waals surface area (Å²) in [6.45, 7) is 0.495. The normalized spacial score (nSPS) is 21.8. The number of halogens is 1. The average Bonchev–Trinajstić information content (AvgIpc) is 3.25. The maximum absolute atomic E-state index is 13.2. The molecule has 2 fully saturated rings. The number of aromatic nitrogens is 1. The van der Waals surface area contributed by atoms with Crippen LogP contribution >= 0.6 is 11.3 Å². The number of carbonyl (C=O) groups excluding carboxylic acids is 2. The zero-order valence-corrected chi connectivity index (χ0v) is 13.9. The Morgan fingerprint density at radius 3 is 2.92 bits per heavy atom. The minimum atomic E-state index is -0.332. The summed E-state index contributed by atoms with van der Waals surface area (Å²) in [7, 11) is 0. The quantitative estimate of drug-likeness (QED) is 0.928. The number of amides is 2. The van der Waals surface area contributed by atoms with Gasteiger partial charge in [0.25, 0.3) is 0 Å². The number of hydrogen-bond donors (Lipinski definition) is 1. The van der Waals surface area contributed by atoms with Crippen LogP contribution in [0.5, 0.6) is 0 Å². The lowest BCUT2D eigenvalue weighted by atomic mass is 10.1. The van der Waals surface area contributed by atoms with E-state index in [1.807, 2.05) is 4.90 Å². The Morgan fingerprint density at radius 1 is 1.33 bits per heavy atom. The lowest BCUT2D eigenvalue weighted by Crippen LogP contribution is -2.35. The van der Waals surface area contributed by atoms with Crippen molar-refractivity contribution < 1.29 is 14.0 Å². The van der Waals surface area contributed by atoms with Crippen molar-refractivity contribution in [2.45, 2.75) is 38.1 Å². The summed E-state index contributed by atoms with van der Waals surface area (Å²) >= 11 is 1.24. The lowest BCUT2D eigenvalue weighted by molar-refractivity contribution is -0.129. The number of carbonyl (C=O) groups is 2. The molecule has 1 aromatic heterocycles. The van der Waals surface area contributed by atoms with Crippen LogP contribution in [0.2, 0.25) is 0 Å². The van der Waals surface area contributed by atoms with E-state index in [2.05, 4.69) is 10.3 Å². The predicted molar refractivity (Wildman–Crippen MR) is 90.3 cm³/mol. The molecule has 1 saturated carbocycles. The Kier molecular flexibility index (Phi) is 3.96. The van der Waals surface area contributed by atoms with Crippen molar-refractivity contribution in [2.75, 3.05) is 11.9 Å². The number of anilines is 1. The number of fused-ring (bicyclic) bond motifs is 1. The van der Waals surface area contributed by atoms with E-state index in [-0.39, 0.29) is 30.0 Å². The van der Waals surface area contributed by atoms with Crippen LogP contribution in [0.25, 0.3) is 10.2 Å². The van der Waals surface area contributed by atoms with E-state index < -0.39 is 0 Å². The van der Waals surface area contributed by atoms with Crippen molar-refractivity contribution in [3.63, 3.8) is 0 Å². The third-order valence-corrected chi connectivity index (χ3v) is 5.81. The van der Waals surface area contributed by atoms with Gasteiger partial charge in [0.1, 0.15) is 5.82 Å². The van der Waals surface area contributed by atoms with Gasteiger partial charge in [-0.05, 0) is 31.0 Å². The Bertz CT molecular complexity index is 800. The van der Waals surface area contributed by atoms with E-state index in [4.69, 9.17) is 0 Å². The zero-order valence-electron chi connectivity index (χ0n) is 13.1. The van der Waals surface area contributed by atoms with Crippen LogP contribution in [0.4, 0.5) is 9.52 Å². The van der Waals surface area contributed by atoms with Crippen molar-refractivity contribution >= 4 is 38.5 Å². The smallest absolute Gasteiger partial charge is 0.231 e. The fraction of sp³-hybridized carbons (Fsp3) is 0.471. The minimum absolute atomic E-state index is 0.0772. The van der Waals surface area contributed by atoms with Crippen LogP contribution in [0.15, 0.2) is 18.2 Å². The molecule has 0 spiro atoms. The van der Waals surface area contributed by atoms with Gasteiger partial charge in [-0.25, -0.2) is 9.37 Å². The second-order valence-electron chi connectivity index (χ2n) is 6.51. The Labute approximate surface area is 142 Å². The first-order valence-electron chi connectivity index (χ1n) is 8.26. The molecule has 1 saturated heterocycles. The van der Waals surface area contributed by atoms with Crippen LogP contribution in [-0.2, 0) is 9.59 Å². The van der Waals surface area contributed by atoms with Crippen LogP contribution in [-0.4, -0.2) is 34.3 Å². The van der Waals surface area contributed by atoms with Gasteiger partial charge in [-0.1, -0.05) is 24.2 Å². The van der Waals surface area contributed by atoms with E-state index >= 15 is 0 Å². The van der Waals surface area contributed by atoms with Crippen molar-refractivity contribution in [3.8, 4) is 0 Å². The maximum Gasteiger partial charge on any atom is 0.231 e. The van der Waals surface area contributed by atoms with Crippen molar-refractivity contribution in [2.24, 2.45) is 5.92 Å². The first kappa shape index (κ1) is 15.5. The Balaban J connectivity index is 1.44. The van der Waals surface area contributed by atoms with Gasteiger partial charge in [0.2, 0.25) is 11.8 Å². The highest BCUT2D eigenvalue weighted by atomic mass is 32.1. The summed E-state index contributed by atoms with van der Waals surface area (Å²) in [5.74, 6) is -0.753. The largest absolute Gasteiger partial charge is 0.339 e. The Hall–Kier alpha value is -2.02. The minimum Gasteiger partial charge on any atom is -0.339 e. The summed E-state index contributed by atoms with van der Waals surface area (Å²) < 4.78 is 13.9. The standard InChI is InChI=1S/C17H18FN3O2S/c18-11-5-6-13-14(8-11)24-17(19-13)20-16(23)10-7-15(22)21(9-10)12-3-1-2-4-12/h5-6,8,10,12H,1-4,7,9H2,(H,19,20,23)/t10-/m0/s1. The molecule has 1 N–H and O–H groups in total. The fourth-order valence-corrected chi connectivity index (χ4v) is 4.53. The van der Waals surface area contributed by atoms with Gasteiger partial charge in [-0.15, -0.1) is 0 Å². The number of hydrogen-bond acceptors (Lipinski definition) is 4. The molecule has 1 atom stereocenters. The molecule has 7 heteroatoms. The molecule has 2 amide bonds. The van der Waals surface area contributed by atoms with Crippen molar-refractivity contribution in [1.29, 1.82) is 0 Å². The van der Waals surface area contributed by atoms with Gasteiger partial charge >= 0.3 is 0 Å². The van der Waals surface area contributed by atoms with Crippen LogP contribution in [0, 0.1) is 11.7 Å². The van der Waals surface area contributed by atoms with Crippen molar-refractivity contribution in [1.82, 2.24) is 9.88 Å². The predicted octanol–water partition coefficient (Wildman–Crippen LogP) is 3.17. The second-order valence-corrected chi connectivity index (χ2v) is 7.54. The van der Waals surface area contributed by atoms with E-state index in [1.165, 1.54) is 23.5 Å². The molecule has 1 aromatic carbocycles. The van der Waals surface area contributed by atoms with Crippen LogP contribution in [0.1, 0.15) is 32.1 Å². The average molecular weight is 347 g/mol. The monoisotopic (exact) mass is 347 g/mol. The van der Waals surface area contributed by atoms with Gasteiger partial charge in [-0.3, -0.25) is 9.59 Å². The summed E-state index contributed by atoms with van der Waals surface area (Å²) in [4.78, 5) is 30.8. The SMILES string of the molecule is O=C(Nc1nc2ccc(F)cc2s1)[C@H]1CC(=O)N(C2CCCC2)C1. The first-order valence-corrected chi connectivity index (χ1v) is 9.08. The van der Waals surface area contributed by atoms with Gasteiger partial charge in [0.15, 0.2) is 5.13 Å². The molecule has 1 aliphatic carbocycles. The summed E-state index contributed by atoms with van der Waals surface area (Å²) in [6, 6.07) is 4.66. The zero-order chi connectivity index (χ0) is 16.7. The molecule has 2 heterocycles. The molecule has 1 aliphatic heterocycles. The summed E-state index contributed by atoms with van der Waals surface area (Å²) in [5.41, 5.74) is 0.659. The maximum atomic E-state index is 13.2. The van der Waals surface area contributed by atoms with Gasteiger partial charge in [-0.2, -0.15) is 0 Å². The van der Waals surface area contributed by atoms with Gasteiger partial charge in [0.05, 0.1) is 16.1 Å². The summed E-state index contributed by atoms with van der Waals surface area (Å²) in [6.07, 6.45) is 4.68.